The number of hydrogen-bond donors (Lipinski definition) is 1. The molecule has 1 aliphatic rings. The average molecular weight is 256 g/mol. The van der Waals surface area contributed by atoms with Gasteiger partial charge >= 0.3 is 0 Å². The fraction of sp³-hybridized carbons (Fsp3) is 0.200. The lowest BCUT2D eigenvalue weighted by atomic mass is 10.1. The molecule has 1 N–H and O–H groups in total. The lowest BCUT2D eigenvalue weighted by Crippen LogP contribution is -2.15. The van der Waals surface area contributed by atoms with Crippen molar-refractivity contribution in [2.24, 2.45) is 5.92 Å². The molecule has 19 heavy (non-hydrogen) atoms. The number of amides is 1. The molecule has 1 aromatic heterocycles. The Labute approximate surface area is 110 Å². The minimum absolute atomic E-state index is 0.00934. The number of rotatable bonds is 3. The van der Waals surface area contributed by atoms with Gasteiger partial charge in [-0.05, 0) is 36.1 Å². The highest BCUT2D eigenvalue weighted by atomic mass is 19.1. The van der Waals surface area contributed by atoms with Crippen LogP contribution in [0.1, 0.15) is 17.9 Å². The van der Waals surface area contributed by atoms with E-state index in [1.165, 1.54) is 6.07 Å². The number of nitrogens with one attached hydrogen (secondary N) is 1. The third-order valence-corrected chi connectivity index (χ3v) is 3.35. The molecule has 1 aromatic carbocycles. The molecule has 3 nitrogen and oxygen atoms in total. The van der Waals surface area contributed by atoms with E-state index in [9.17, 15) is 9.18 Å². The van der Waals surface area contributed by atoms with Gasteiger partial charge in [-0.2, -0.15) is 0 Å². The second kappa shape index (κ2) is 4.80. The number of pyridine rings is 1. The fourth-order valence-electron chi connectivity index (χ4n) is 2.26. The predicted octanol–water partition coefficient (Wildman–Crippen LogP) is 2.96. The molecule has 2 atom stereocenters. The van der Waals surface area contributed by atoms with Crippen molar-refractivity contribution >= 4 is 11.7 Å². The molecule has 0 spiro atoms. The van der Waals surface area contributed by atoms with Crippen LogP contribution in [-0.4, -0.2) is 10.9 Å². The topological polar surface area (TPSA) is 42.0 Å². The van der Waals surface area contributed by atoms with Crippen molar-refractivity contribution in [2.45, 2.75) is 12.3 Å². The standard InChI is InChI=1S/C15H13FN2O/c16-13-6-2-1-5-10(13)11-9-12(11)15(19)18-14-7-3-4-8-17-14/h1-8,11-12H,9H2,(H,17,18,19). The Morgan fingerprint density at radius 3 is 2.74 bits per heavy atom. The molecule has 0 saturated heterocycles. The summed E-state index contributed by atoms with van der Waals surface area (Å²) in [6.07, 6.45) is 2.32. The first-order chi connectivity index (χ1) is 9.25. The fourth-order valence-corrected chi connectivity index (χ4v) is 2.26. The monoisotopic (exact) mass is 256 g/mol. The van der Waals surface area contributed by atoms with Crippen LogP contribution in [0, 0.1) is 11.7 Å². The van der Waals surface area contributed by atoms with Gasteiger partial charge in [-0.15, -0.1) is 0 Å². The van der Waals surface area contributed by atoms with Crippen LogP contribution in [0.4, 0.5) is 10.2 Å². The molecule has 96 valence electrons. The zero-order valence-electron chi connectivity index (χ0n) is 10.2. The van der Waals surface area contributed by atoms with E-state index in [2.05, 4.69) is 10.3 Å². The molecule has 1 amide bonds. The molecule has 0 radical (unpaired) electrons. The maximum Gasteiger partial charge on any atom is 0.229 e. The molecular formula is C15H13FN2O. The third kappa shape index (κ3) is 2.47. The Morgan fingerprint density at radius 2 is 2.00 bits per heavy atom. The van der Waals surface area contributed by atoms with Crippen molar-refractivity contribution < 1.29 is 9.18 Å². The van der Waals surface area contributed by atoms with E-state index in [4.69, 9.17) is 0 Å². The van der Waals surface area contributed by atoms with Crippen LogP contribution in [0.2, 0.25) is 0 Å². The SMILES string of the molecule is O=C(Nc1ccccn1)C1CC1c1ccccc1F. The van der Waals surface area contributed by atoms with Crippen molar-refractivity contribution in [3.8, 4) is 0 Å². The molecule has 0 bridgehead atoms. The van der Waals surface area contributed by atoms with Gasteiger partial charge in [0.05, 0.1) is 0 Å². The smallest absolute Gasteiger partial charge is 0.229 e. The summed E-state index contributed by atoms with van der Waals surface area (Å²) in [4.78, 5) is 16.0. The van der Waals surface area contributed by atoms with Gasteiger partial charge in [0.25, 0.3) is 0 Å². The maximum absolute atomic E-state index is 13.6. The summed E-state index contributed by atoms with van der Waals surface area (Å²) in [5, 5.41) is 2.75. The summed E-state index contributed by atoms with van der Waals surface area (Å²) in [5.41, 5.74) is 0.628. The quantitative estimate of drug-likeness (QED) is 0.917. The highest BCUT2D eigenvalue weighted by molar-refractivity contribution is 5.94. The Hall–Kier alpha value is -2.23. The van der Waals surface area contributed by atoms with Crippen molar-refractivity contribution in [2.75, 3.05) is 5.32 Å². The molecule has 1 saturated carbocycles. The molecule has 1 aliphatic carbocycles. The van der Waals surface area contributed by atoms with Gasteiger partial charge in [-0.1, -0.05) is 24.3 Å². The molecule has 2 unspecified atom stereocenters. The normalized spacial score (nSPS) is 20.9. The summed E-state index contributed by atoms with van der Waals surface area (Å²) in [6.45, 7) is 0. The van der Waals surface area contributed by atoms with E-state index in [1.54, 1.807) is 36.5 Å². The molecule has 1 fully saturated rings. The van der Waals surface area contributed by atoms with Crippen molar-refractivity contribution in [3.63, 3.8) is 0 Å². The van der Waals surface area contributed by atoms with Crippen molar-refractivity contribution in [1.82, 2.24) is 4.98 Å². The van der Waals surface area contributed by atoms with Gasteiger partial charge in [-0.3, -0.25) is 4.79 Å². The van der Waals surface area contributed by atoms with Gasteiger partial charge < -0.3 is 5.32 Å². The molecule has 4 heteroatoms. The number of nitrogens with zero attached hydrogens (tertiary/aromatic N) is 1. The minimum Gasteiger partial charge on any atom is -0.310 e. The maximum atomic E-state index is 13.6. The molecule has 2 aromatic rings. The average Bonchev–Trinajstić information content (AvgIpc) is 3.21. The van der Waals surface area contributed by atoms with E-state index in [1.807, 2.05) is 6.07 Å². The molecule has 1 heterocycles. The van der Waals surface area contributed by atoms with Gasteiger partial charge in [0, 0.05) is 12.1 Å². The first-order valence-electron chi connectivity index (χ1n) is 6.22. The first kappa shape index (κ1) is 11.8. The Bertz CT molecular complexity index is 600. The summed E-state index contributed by atoms with van der Waals surface area (Å²) < 4.78 is 13.6. The Morgan fingerprint density at radius 1 is 1.21 bits per heavy atom. The van der Waals surface area contributed by atoms with E-state index < -0.39 is 0 Å². The number of halogens is 1. The molecular weight excluding hydrogens is 243 g/mol. The highest BCUT2D eigenvalue weighted by Gasteiger charge is 2.45. The van der Waals surface area contributed by atoms with Crippen molar-refractivity contribution in [3.05, 3.63) is 60.0 Å². The summed E-state index contributed by atoms with van der Waals surface area (Å²) >= 11 is 0. The van der Waals surface area contributed by atoms with Gasteiger partial charge in [0.2, 0.25) is 5.91 Å². The second-order valence-corrected chi connectivity index (χ2v) is 4.67. The second-order valence-electron chi connectivity index (χ2n) is 4.67. The number of hydrogen-bond acceptors (Lipinski definition) is 2. The molecule has 3 rings (SSSR count). The van der Waals surface area contributed by atoms with Crippen LogP contribution >= 0.6 is 0 Å². The zero-order valence-corrected chi connectivity index (χ0v) is 10.2. The lowest BCUT2D eigenvalue weighted by molar-refractivity contribution is -0.117. The van der Waals surface area contributed by atoms with Crippen LogP contribution in [-0.2, 0) is 4.79 Å². The van der Waals surface area contributed by atoms with Crippen LogP contribution < -0.4 is 5.32 Å². The predicted molar refractivity (Wildman–Crippen MR) is 70.1 cm³/mol. The van der Waals surface area contributed by atoms with Gasteiger partial charge in [0.15, 0.2) is 0 Å². The lowest BCUT2D eigenvalue weighted by Gasteiger charge is -2.04. The number of benzene rings is 1. The number of anilines is 1. The van der Waals surface area contributed by atoms with Crippen molar-refractivity contribution in [1.29, 1.82) is 0 Å². The van der Waals surface area contributed by atoms with Gasteiger partial charge in [-0.25, -0.2) is 9.37 Å². The highest BCUT2D eigenvalue weighted by Crippen LogP contribution is 2.48. The first-order valence-corrected chi connectivity index (χ1v) is 6.22. The van der Waals surface area contributed by atoms with Crippen LogP contribution in [0.25, 0.3) is 0 Å². The Balaban J connectivity index is 1.67. The largest absolute Gasteiger partial charge is 0.310 e. The minimum atomic E-state index is -0.236. The van der Waals surface area contributed by atoms with Crippen LogP contribution in [0.15, 0.2) is 48.7 Å². The molecule has 0 aliphatic heterocycles. The summed E-state index contributed by atoms with van der Waals surface area (Å²) in [6, 6.07) is 12.0. The summed E-state index contributed by atoms with van der Waals surface area (Å²) in [5.74, 6) is 0.0445. The Kier molecular flexibility index (Phi) is 2.99. The number of aromatic nitrogens is 1. The number of carbonyl (C=O) groups excluding carboxylic acids is 1. The third-order valence-electron chi connectivity index (χ3n) is 3.35. The van der Waals surface area contributed by atoms with E-state index in [-0.39, 0.29) is 23.6 Å². The zero-order chi connectivity index (χ0) is 13.2. The van der Waals surface area contributed by atoms with Gasteiger partial charge in [0.1, 0.15) is 11.6 Å². The summed E-state index contributed by atoms with van der Waals surface area (Å²) in [7, 11) is 0. The van der Waals surface area contributed by atoms with Crippen LogP contribution in [0.3, 0.4) is 0 Å². The van der Waals surface area contributed by atoms with Crippen LogP contribution in [0.5, 0.6) is 0 Å². The van der Waals surface area contributed by atoms with E-state index in [0.29, 0.717) is 17.8 Å². The number of carbonyl (C=O) groups is 1. The van der Waals surface area contributed by atoms with E-state index in [0.717, 1.165) is 0 Å². The van der Waals surface area contributed by atoms with E-state index >= 15 is 0 Å².